The number of para-hydroxylation sites is 2. The van der Waals surface area contributed by atoms with Gasteiger partial charge in [-0.2, -0.15) is 0 Å². The minimum absolute atomic E-state index is 0.0828. The van der Waals surface area contributed by atoms with Crippen LogP contribution in [-0.4, -0.2) is 27.2 Å². The number of ether oxygens (including phenoxy) is 1. The molecule has 0 radical (unpaired) electrons. The Hall–Kier alpha value is -1.88. The third-order valence-electron chi connectivity index (χ3n) is 2.72. The number of aryl methyl sites for hydroxylation is 1. The first-order valence-corrected chi connectivity index (χ1v) is 5.96. The topological polar surface area (TPSA) is 64.4 Å². The minimum atomic E-state index is -0.810. The fourth-order valence-corrected chi connectivity index (χ4v) is 1.89. The Morgan fingerprint density at radius 3 is 2.94 bits per heavy atom. The van der Waals surface area contributed by atoms with Gasteiger partial charge in [0.1, 0.15) is 12.4 Å². The molecule has 96 valence electrons. The number of benzene rings is 1. The van der Waals surface area contributed by atoms with Crippen molar-refractivity contribution in [3.63, 3.8) is 0 Å². The van der Waals surface area contributed by atoms with Crippen molar-refractivity contribution in [2.45, 2.75) is 26.5 Å². The van der Waals surface area contributed by atoms with Crippen LogP contribution in [0.5, 0.6) is 0 Å². The van der Waals surface area contributed by atoms with Gasteiger partial charge >= 0.3 is 5.97 Å². The van der Waals surface area contributed by atoms with Crippen molar-refractivity contribution in [2.75, 3.05) is 6.61 Å². The Labute approximate surface area is 105 Å². The van der Waals surface area contributed by atoms with Crippen LogP contribution in [0.4, 0.5) is 0 Å². The summed E-state index contributed by atoms with van der Waals surface area (Å²) in [6.45, 7) is 3.36. The maximum atomic E-state index is 10.7. The van der Waals surface area contributed by atoms with Gasteiger partial charge in [0.05, 0.1) is 17.5 Å². The highest BCUT2D eigenvalue weighted by molar-refractivity contribution is 5.76. The summed E-state index contributed by atoms with van der Waals surface area (Å²) < 4.78 is 7.28. The van der Waals surface area contributed by atoms with Crippen LogP contribution in [0.25, 0.3) is 11.0 Å². The Morgan fingerprint density at radius 1 is 1.44 bits per heavy atom. The van der Waals surface area contributed by atoms with Gasteiger partial charge in [-0.1, -0.05) is 12.1 Å². The van der Waals surface area contributed by atoms with Crippen LogP contribution in [0.3, 0.4) is 0 Å². The van der Waals surface area contributed by atoms with Crippen molar-refractivity contribution in [3.05, 3.63) is 30.1 Å². The summed E-state index contributed by atoms with van der Waals surface area (Å²) in [6.07, 6.45) is 0.0828. The third kappa shape index (κ3) is 2.68. The number of aliphatic carboxylic acids is 1. The average Bonchev–Trinajstić information content (AvgIpc) is 2.71. The standard InChI is InChI=1S/C13H16N2O3/c1-2-18-9-12-14-10-5-3-4-6-11(10)15(12)8-7-13(16)17/h3-6H,2,7-9H2,1H3,(H,16,17). The number of imidazole rings is 1. The second-order valence-electron chi connectivity index (χ2n) is 3.95. The molecule has 0 saturated heterocycles. The van der Waals surface area contributed by atoms with Crippen LogP contribution >= 0.6 is 0 Å². The molecule has 18 heavy (non-hydrogen) atoms. The molecular weight excluding hydrogens is 232 g/mol. The smallest absolute Gasteiger partial charge is 0.305 e. The number of nitrogens with zero attached hydrogens (tertiary/aromatic N) is 2. The molecule has 0 bridgehead atoms. The third-order valence-corrected chi connectivity index (χ3v) is 2.72. The molecule has 0 spiro atoms. The highest BCUT2D eigenvalue weighted by atomic mass is 16.5. The van der Waals surface area contributed by atoms with Crippen LogP contribution in [-0.2, 0) is 22.7 Å². The Balaban J connectivity index is 2.34. The highest BCUT2D eigenvalue weighted by Crippen LogP contribution is 2.17. The highest BCUT2D eigenvalue weighted by Gasteiger charge is 2.11. The van der Waals surface area contributed by atoms with Gasteiger partial charge in [0.25, 0.3) is 0 Å². The van der Waals surface area contributed by atoms with Crippen LogP contribution in [0.1, 0.15) is 19.2 Å². The summed E-state index contributed by atoms with van der Waals surface area (Å²) in [4.78, 5) is 15.2. The monoisotopic (exact) mass is 248 g/mol. The van der Waals surface area contributed by atoms with E-state index in [4.69, 9.17) is 9.84 Å². The first-order chi connectivity index (χ1) is 8.72. The predicted octanol–water partition coefficient (Wildman–Crippen LogP) is 2.05. The molecule has 0 aliphatic carbocycles. The molecule has 0 unspecified atom stereocenters. The van der Waals surface area contributed by atoms with Gasteiger partial charge < -0.3 is 14.4 Å². The van der Waals surface area contributed by atoms with E-state index >= 15 is 0 Å². The predicted molar refractivity (Wildman–Crippen MR) is 67.3 cm³/mol. The molecule has 0 saturated carbocycles. The quantitative estimate of drug-likeness (QED) is 0.849. The number of hydrogen-bond donors (Lipinski definition) is 1. The van der Waals surface area contributed by atoms with Gasteiger partial charge in [-0.3, -0.25) is 4.79 Å². The van der Waals surface area contributed by atoms with Crippen molar-refractivity contribution < 1.29 is 14.6 Å². The van der Waals surface area contributed by atoms with E-state index in [2.05, 4.69) is 4.98 Å². The van der Waals surface area contributed by atoms with E-state index in [0.29, 0.717) is 19.8 Å². The first-order valence-electron chi connectivity index (χ1n) is 5.96. The molecule has 0 amide bonds. The fraction of sp³-hybridized carbons (Fsp3) is 0.385. The van der Waals surface area contributed by atoms with Crippen LogP contribution in [0.15, 0.2) is 24.3 Å². The molecule has 0 fully saturated rings. The zero-order valence-electron chi connectivity index (χ0n) is 10.3. The van der Waals surface area contributed by atoms with Crippen molar-refractivity contribution in [1.29, 1.82) is 0 Å². The Morgan fingerprint density at radius 2 is 2.22 bits per heavy atom. The van der Waals surface area contributed by atoms with Gasteiger partial charge in [-0.05, 0) is 19.1 Å². The van der Waals surface area contributed by atoms with Crippen LogP contribution in [0.2, 0.25) is 0 Å². The number of rotatable bonds is 6. The maximum Gasteiger partial charge on any atom is 0.305 e. The summed E-state index contributed by atoms with van der Waals surface area (Å²) in [5.74, 6) is -0.0329. The SMILES string of the molecule is CCOCc1nc2ccccc2n1CCC(=O)O. The van der Waals surface area contributed by atoms with E-state index in [0.717, 1.165) is 16.9 Å². The number of aromatic nitrogens is 2. The van der Waals surface area contributed by atoms with Crippen molar-refractivity contribution in [3.8, 4) is 0 Å². The molecule has 1 heterocycles. The summed E-state index contributed by atoms with van der Waals surface area (Å²) in [7, 11) is 0. The lowest BCUT2D eigenvalue weighted by Crippen LogP contribution is -2.09. The molecule has 2 aromatic rings. The molecule has 1 N–H and O–H groups in total. The largest absolute Gasteiger partial charge is 0.481 e. The summed E-state index contributed by atoms with van der Waals surface area (Å²) in [5, 5.41) is 8.79. The van der Waals surface area contributed by atoms with Gasteiger partial charge in [-0.25, -0.2) is 4.98 Å². The number of carbonyl (C=O) groups is 1. The van der Waals surface area contributed by atoms with E-state index in [9.17, 15) is 4.79 Å². The molecule has 0 atom stereocenters. The zero-order chi connectivity index (χ0) is 13.0. The number of hydrogen-bond acceptors (Lipinski definition) is 3. The summed E-state index contributed by atoms with van der Waals surface area (Å²) in [6, 6.07) is 7.70. The molecule has 0 aliphatic rings. The lowest BCUT2D eigenvalue weighted by Gasteiger charge is -2.07. The van der Waals surface area contributed by atoms with Crippen LogP contribution < -0.4 is 0 Å². The normalized spacial score (nSPS) is 10.9. The second kappa shape index (κ2) is 5.64. The molecule has 1 aromatic heterocycles. The van der Waals surface area contributed by atoms with Gasteiger partial charge in [0, 0.05) is 13.2 Å². The van der Waals surface area contributed by atoms with Gasteiger partial charge in [-0.15, -0.1) is 0 Å². The minimum Gasteiger partial charge on any atom is -0.481 e. The summed E-state index contributed by atoms with van der Waals surface area (Å²) >= 11 is 0. The Bertz CT molecular complexity index is 548. The molecule has 0 aliphatic heterocycles. The van der Waals surface area contributed by atoms with E-state index in [1.165, 1.54) is 0 Å². The van der Waals surface area contributed by atoms with Crippen LogP contribution in [0, 0.1) is 0 Å². The van der Waals surface area contributed by atoms with Crippen molar-refractivity contribution >= 4 is 17.0 Å². The first kappa shape index (κ1) is 12.6. The van der Waals surface area contributed by atoms with Crippen molar-refractivity contribution in [2.24, 2.45) is 0 Å². The zero-order valence-corrected chi connectivity index (χ0v) is 10.3. The van der Waals surface area contributed by atoms with Gasteiger partial charge in [0.15, 0.2) is 0 Å². The molecule has 5 nitrogen and oxygen atoms in total. The Kier molecular flexibility index (Phi) is 3.94. The lowest BCUT2D eigenvalue weighted by atomic mass is 10.3. The van der Waals surface area contributed by atoms with E-state index in [1.54, 1.807) is 0 Å². The molecular formula is C13H16N2O3. The van der Waals surface area contributed by atoms with E-state index in [-0.39, 0.29) is 6.42 Å². The number of carboxylic acids is 1. The fourth-order valence-electron chi connectivity index (χ4n) is 1.89. The lowest BCUT2D eigenvalue weighted by molar-refractivity contribution is -0.137. The second-order valence-corrected chi connectivity index (χ2v) is 3.95. The van der Waals surface area contributed by atoms with E-state index in [1.807, 2.05) is 35.8 Å². The van der Waals surface area contributed by atoms with Gasteiger partial charge in [0.2, 0.25) is 0 Å². The summed E-state index contributed by atoms with van der Waals surface area (Å²) in [5.41, 5.74) is 1.83. The maximum absolute atomic E-state index is 10.7. The average molecular weight is 248 g/mol. The molecule has 2 rings (SSSR count). The number of fused-ring (bicyclic) bond motifs is 1. The molecule has 1 aromatic carbocycles. The number of carboxylic acid groups (broad SMARTS) is 1. The van der Waals surface area contributed by atoms with Crippen molar-refractivity contribution in [1.82, 2.24) is 9.55 Å². The molecule has 5 heteroatoms. The van der Waals surface area contributed by atoms with E-state index < -0.39 is 5.97 Å².